The molecule has 2 aromatic rings. The van der Waals surface area contributed by atoms with Crippen LogP contribution in [0.15, 0.2) is 35.4 Å². The summed E-state index contributed by atoms with van der Waals surface area (Å²) in [5.74, 6) is 0.678. The summed E-state index contributed by atoms with van der Waals surface area (Å²) in [4.78, 5) is 10.9. The third-order valence-electron chi connectivity index (χ3n) is 3.30. The minimum Gasteiger partial charge on any atom is -0.494 e. The molecule has 0 unspecified atom stereocenters. The maximum atomic E-state index is 10.9. The van der Waals surface area contributed by atoms with Gasteiger partial charge in [-0.2, -0.15) is 5.10 Å². The molecule has 0 fully saturated rings. The van der Waals surface area contributed by atoms with Crippen molar-refractivity contribution in [1.82, 2.24) is 9.99 Å². The molecule has 5 heteroatoms. The van der Waals surface area contributed by atoms with Gasteiger partial charge in [0.15, 0.2) is 0 Å². The fourth-order valence-electron chi connectivity index (χ4n) is 2.37. The Bertz CT molecular complexity index is 685. The van der Waals surface area contributed by atoms with Crippen LogP contribution in [0.2, 0.25) is 0 Å². The Morgan fingerprint density at radius 3 is 2.59 bits per heavy atom. The summed E-state index contributed by atoms with van der Waals surface area (Å²) in [6.07, 6.45) is 1.66. The molecule has 5 nitrogen and oxygen atoms in total. The van der Waals surface area contributed by atoms with Crippen LogP contribution < -0.4 is 10.2 Å². The number of hydrogen-bond donors (Lipinski definition) is 1. The molecule has 1 amide bonds. The summed E-state index contributed by atoms with van der Waals surface area (Å²) in [7, 11) is 0. The van der Waals surface area contributed by atoms with E-state index >= 15 is 0 Å². The van der Waals surface area contributed by atoms with Gasteiger partial charge in [0.05, 0.1) is 12.8 Å². The van der Waals surface area contributed by atoms with Gasteiger partial charge in [-0.05, 0) is 51.1 Å². The topological polar surface area (TPSA) is 55.6 Å². The molecule has 0 radical (unpaired) electrons. The summed E-state index contributed by atoms with van der Waals surface area (Å²) < 4.78 is 7.61. The zero-order valence-electron chi connectivity index (χ0n) is 13.4. The highest BCUT2D eigenvalue weighted by Crippen LogP contribution is 2.22. The van der Waals surface area contributed by atoms with Gasteiger partial charge in [-0.15, -0.1) is 0 Å². The van der Waals surface area contributed by atoms with Crippen molar-refractivity contribution in [3.8, 4) is 11.4 Å². The van der Waals surface area contributed by atoms with Crippen LogP contribution in [-0.4, -0.2) is 23.3 Å². The molecule has 0 atom stereocenters. The van der Waals surface area contributed by atoms with E-state index in [1.807, 2.05) is 51.1 Å². The Kier molecular flexibility index (Phi) is 4.99. The van der Waals surface area contributed by atoms with Crippen LogP contribution in [0.1, 0.15) is 30.8 Å². The van der Waals surface area contributed by atoms with Gasteiger partial charge in [0.1, 0.15) is 5.75 Å². The van der Waals surface area contributed by atoms with Crippen LogP contribution in [0.25, 0.3) is 5.69 Å². The number of carbonyl (C=O) groups is 1. The lowest BCUT2D eigenvalue weighted by molar-refractivity contribution is -0.118. The van der Waals surface area contributed by atoms with Gasteiger partial charge in [0, 0.05) is 29.6 Å². The molecule has 1 heterocycles. The van der Waals surface area contributed by atoms with Crippen LogP contribution in [0.4, 0.5) is 0 Å². The second-order valence-corrected chi connectivity index (χ2v) is 5.01. The van der Waals surface area contributed by atoms with E-state index < -0.39 is 0 Å². The van der Waals surface area contributed by atoms with Crippen molar-refractivity contribution in [3.05, 3.63) is 47.3 Å². The molecule has 0 aliphatic heterocycles. The van der Waals surface area contributed by atoms with Gasteiger partial charge in [0.25, 0.3) is 0 Å². The Hall–Kier alpha value is -2.56. The molecule has 0 saturated heterocycles. The first-order chi connectivity index (χ1) is 10.5. The fraction of sp³-hybridized carbons (Fsp3) is 0.294. The van der Waals surface area contributed by atoms with Gasteiger partial charge < -0.3 is 9.30 Å². The number of amides is 1. The first-order valence-corrected chi connectivity index (χ1v) is 7.24. The van der Waals surface area contributed by atoms with Crippen molar-refractivity contribution in [2.45, 2.75) is 27.7 Å². The van der Waals surface area contributed by atoms with E-state index in [0.29, 0.717) is 6.61 Å². The van der Waals surface area contributed by atoms with Crippen molar-refractivity contribution < 1.29 is 9.53 Å². The number of nitrogens with one attached hydrogen (secondary N) is 1. The predicted octanol–water partition coefficient (Wildman–Crippen LogP) is 2.96. The lowest BCUT2D eigenvalue weighted by Crippen LogP contribution is -2.12. The normalized spacial score (nSPS) is 10.9. The first kappa shape index (κ1) is 15.8. The van der Waals surface area contributed by atoms with Crippen molar-refractivity contribution in [3.63, 3.8) is 0 Å². The van der Waals surface area contributed by atoms with Gasteiger partial charge in [0.2, 0.25) is 5.91 Å². The second kappa shape index (κ2) is 6.93. The van der Waals surface area contributed by atoms with Gasteiger partial charge in [-0.25, -0.2) is 5.43 Å². The standard InChI is InChI=1S/C17H21N3O2/c1-5-22-17-8-6-16(7-9-17)20-12(2)10-15(13(20)3)11-18-19-14(4)21/h6-11H,5H2,1-4H3,(H,19,21)/b18-11-. The lowest BCUT2D eigenvalue weighted by Gasteiger charge is -2.10. The minimum atomic E-state index is -0.184. The van der Waals surface area contributed by atoms with Crippen molar-refractivity contribution >= 4 is 12.1 Å². The zero-order valence-corrected chi connectivity index (χ0v) is 13.4. The van der Waals surface area contributed by atoms with Gasteiger partial charge >= 0.3 is 0 Å². The summed E-state index contributed by atoms with van der Waals surface area (Å²) in [6.45, 7) is 8.12. The molecule has 1 aromatic carbocycles. The first-order valence-electron chi connectivity index (χ1n) is 7.24. The molecule has 0 bridgehead atoms. The Balaban J connectivity index is 2.29. The SMILES string of the molecule is CCOc1ccc(-n2c(C)cc(/C=N\NC(C)=O)c2C)cc1. The van der Waals surface area contributed by atoms with Crippen LogP contribution in [0.3, 0.4) is 0 Å². The van der Waals surface area contributed by atoms with E-state index in [9.17, 15) is 4.79 Å². The largest absolute Gasteiger partial charge is 0.494 e. The Morgan fingerprint density at radius 1 is 1.32 bits per heavy atom. The van der Waals surface area contributed by atoms with Gasteiger partial charge in [-0.3, -0.25) is 4.79 Å². The highest BCUT2D eigenvalue weighted by atomic mass is 16.5. The lowest BCUT2D eigenvalue weighted by atomic mass is 10.2. The van der Waals surface area contributed by atoms with E-state index in [4.69, 9.17) is 4.74 Å². The number of ether oxygens (including phenoxy) is 1. The average molecular weight is 299 g/mol. The second-order valence-electron chi connectivity index (χ2n) is 5.01. The maximum Gasteiger partial charge on any atom is 0.236 e. The van der Waals surface area contributed by atoms with E-state index in [1.54, 1.807) is 6.21 Å². The number of hydrazone groups is 1. The molecule has 116 valence electrons. The highest BCUT2D eigenvalue weighted by molar-refractivity contribution is 5.83. The molecule has 0 aliphatic carbocycles. The van der Waals surface area contributed by atoms with Crippen molar-refractivity contribution in [2.24, 2.45) is 5.10 Å². The summed E-state index contributed by atoms with van der Waals surface area (Å²) in [5, 5.41) is 3.93. The number of carbonyl (C=O) groups excluding carboxylic acids is 1. The van der Waals surface area contributed by atoms with Crippen molar-refractivity contribution in [2.75, 3.05) is 6.61 Å². The predicted molar refractivity (Wildman–Crippen MR) is 87.8 cm³/mol. The third-order valence-corrected chi connectivity index (χ3v) is 3.30. The third kappa shape index (κ3) is 3.55. The van der Waals surface area contributed by atoms with Crippen LogP contribution >= 0.6 is 0 Å². The molecule has 22 heavy (non-hydrogen) atoms. The smallest absolute Gasteiger partial charge is 0.236 e. The number of benzene rings is 1. The molecule has 0 aliphatic rings. The van der Waals surface area contributed by atoms with Crippen molar-refractivity contribution in [1.29, 1.82) is 0 Å². The Morgan fingerprint density at radius 2 is 2.00 bits per heavy atom. The number of hydrogen-bond acceptors (Lipinski definition) is 3. The van der Waals surface area contributed by atoms with Crippen LogP contribution in [0, 0.1) is 13.8 Å². The quantitative estimate of drug-likeness (QED) is 0.681. The summed E-state index contributed by atoms with van der Waals surface area (Å²) in [5.41, 5.74) is 6.62. The summed E-state index contributed by atoms with van der Waals surface area (Å²) in [6, 6.07) is 10.0. The summed E-state index contributed by atoms with van der Waals surface area (Å²) >= 11 is 0. The Labute approximate surface area is 130 Å². The monoisotopic (exact) mass is 299 g/mol. The van der Waals surface area contributed by atoms with Crippen LogP contribution in [0.5, 0.6) is 5.75 Å². The molecular weight excluding hydrogens is 278 g/mol. The maximum absolute atomic E-state index is 10.9. The molecule has 1 N–H and O–H groups in total. The van der Waals surface area contributed by atoms with E-state index in [1.165, 1.54) is 6.92 Å². The molecule has 0 saturated carbocycles. The number of aryl methyl sites for hydroxylation is 1. The molecule has 2 rings (SSSR count). The molecule has 0 spiro atoms. The van der Waals surface area contributed by atoms with E-state index in [-0.39, 0.29) is 5.91 Å². The van der Waals surface area contributed by atoms with E-state index in [2.05, 4.69) is 15.1 Å². The van der Waals surface area contributed by atoms with Crippen LogP contribution in [-0.2, 0) is 4.79 Å². The number of nitrogens with zero attached hydrogens (tertiary/aromatic N) is 2. The zero-order chi connectivity index (χ0) is 16.1. The highest BCUT2D eigenvalue weighted by Gasteiger charge is 2.09. The molecule has 1 aromatic heterocycles. The number of aromatic nitrogens is 1. The van der Waals surface area contributed by atoms with E-state index in [0.717, 1.165) is 28.4 Å². The fourth-order valence-corrected chi connectivity index (χ4v) is 2.37. The minimum absolute atomic E-state index is 0.184. The van der Waals surface area contributed by atoms with Gasteiger partial charge in [-0.1, -0.05) is 0 Å². The average Bonchev–Trinajstić information content (AvgIpc) is 2.75. The molecular formula is C17H21N3O2. The number of rotatable bonds is 5.